The number of ether oxygens (including phenoxy) is 2. The molecule has 0 bridgehead atoms. The summed E-state index contributed by atoms with van der Waals surface area (Å²) in [5.74, 6) is 0.135. The highest BCUT2D eigenvalue weighted by molar-refractivity contribution is 5.76. The molecule has 0 aliphatic carbocycles. The molecule has 144 valence electrons. The van der Waals surface area contributed by atoms with E-state index >= 15 is 0 Å². The molecule has 0 saturated carbocycles. The van der Waals surface area contributed by atoms with Crippen molar-refractivity contribution >= 4 is 5.97 Å². The van der Waals surface area contributed by atoms with E-state index < -0.39 is 17.6 Å². The van der Waals surface area contributed by atoms with Crippen molar-refractivity contribution in [3.63, 3.8) is 0 Å². The summed E-state index contributed by atoms with van der Waals surface area (Å²) in [7, 11) is 3.06. The summed E-state index contributed by atoms with van der Waals surface area (Å²) in [6.07, 6.45) is 4.20. The largest absolute Gasteiger partial charge is 0.497 e. The van der Waals surface area contributed by atoms with Crippen LogP contribution in [0.1, 0.15) is 30.0 Å². The van der Waals surface area contributed by atoms with Crippen molar-refractivity contribution in [3.05, 3.63) is 53.9 Å². The highest BCUT2D eigenvalue weighted by Crippen LogP contribution is 2.37. The number of carboxylic acids is 1. The zero-order chi connectivity index (χ0) is 19.4. The van der Waals surface area contributed by atoms with Gasteiger partial charge in [-0.1, -0.05) is 6.07 Å². The van der Waals surface area contributed by atoms with E-state index in [2.05, 4.69) is 4.98 Å². The van der Waals surface area contributed by atoms with Crippen LogP contribution < -0.4 is 9.47 Å². The Morgan fingerprint density at radius 3 is 2.30 bits per heavy atom. The highest BCUT2D eigenvalue weighted by atomic mass is 16.5. The Morgan fingerprint density at radius 1 is 1.19 bits per heavy atom. The molecule has 3 rings (SSSR count). The van der Waals surface area contributed by atoms with Gasteiger partial charge in [-0.3, -0.25) is 14.7 Å². The molecule has 2 heterocycles. The van der Waals surface area contributed by atoms with E-state index in [1.807, 2.05) is 11.0 Å². The molecule has 1 fully saturated rings. The maximum Gasteiger partial charge on any atom is 0.325 e. The number of aliphatic hydroxyl groups is 1. The summed E-state index contributed by atoms with van der Waals surface area (Å²) in [4.78, 5) is 18.0. The normalized spacial score (nSPS) is 17.9. The number of methoxy groups -OCH3 is 2. The molecule has 27 heavy (non-hydrogen) atoms. The fraction of sp³-hybridized carbons (Fsp3) is 0.400. The minimum Gasteiger partial charge on any atom is -0.497 e. The zero-order valence-electron chi connectivity index (χ0n) is 15.5. The van der Waals surface area contributed by atoms with Gasteiger partial charge in [-0.25, -0.2) is 0 Å². The van der Waals surface area contributed by atoms with Crippen LogP contribution in [-0.4, -0.2) is 53.4 Å². The van der Waals surface area contributed by atoms with Gasteiger partial charge >= 0.3 is 5.97 Å². The lowest BCUT2D eigenvalue weighted by atomic mass is 9.84. The molecule has 1 saturated heterocycles. The second-order valence-corrected chi connectivity index (χ2v) is 6.70. The first-order valence-corrected chi connectivity index (χ1v) is 8.79. The van der Waals surface area contributed by atoms with Crippen molar-refractivity contribution in [1.82, 2.24) is 9.88 Å². The maximum absolute atomic E-state index is 12.0. The number of carboxylic acid groups (broad SMARTS) is 1. The molecule has 1 aromatic heterocycles. The van der Waals surface area contributed by atoms with E-state index in [9.17, 15) is 15.0 Å². The highest BCUT2D eigenvalue weighted by Gasteiger charge is 2.38. The third kappa shape index (κ3) is 4.04. The van der Waals surface area contributed by atoms with Crippen LogP contribution >= 0.6 is 0 Å². The predicted molar refractivity (Wildman–Crippen MR) is 98.9 cm³/mol. The van der Waals surface area contributed by atoms with Crippen LogP contribution in [0.2, 0.25) is 0 Å². The number of rotatable bonds is 6. The summed E-state index contributed by atoms with van der Waals surface area (Å²) in [6.45, 7) is 0.893. The van der Waals surface area contributed by atoms with Gasteiger partial charge in [-0.05, 0) is 36.6 Å². The summed E-state index contributed by atoms with van der Waals surface area (Å²) in [6, 6.07) is 7.94. The Hall–Kier alpha value is -2.64. The molecular formula is C20H24N2O5. The fourth-order valence-corrected chi connectivity index (χ4v) is 3.58. The van der Waals surface area contributed by atoms with Crippen LogP contribution in [-0.2, 0) is 10.4 Å². The van der Waals surface area contributed by atoms with Crippen molar-refractivity contribution in [1.29, 1.82) is 0 Å². The number of pyridine rings is 1. The first-order valence-electron chi connectivity index (χ1n) is 8.79. The third-order valence-electron chi connectivity index (χ3n) is 5.11. The van der Waals surface area contributed by atoms with Gasteiger partial charge in [0.2, 0.25) is 0 Å². The van der Waals surface area contributed by atoms with Gasteiger partial charge < -0.3 is 19.7 Å². The molecule has 0 radical (unpaired) electrons. The lowest BCUT2D eigenvalue weighted by Gasteiger charge is -2.40. The van der Waals surface area contributed by atoms with Crippen LogP contribution in [0.15, 0.2) is 42.7 Å². The van der Waals surface area contributed by atoms with Gasteiger partial charge in [0.1, 0.15) is 17.5 Å². The Morgan fingerprint density at radius 2 is 1.81 bits per heavy atom. The van der Waals surface area contributed by atoms with Gasteiger partial charge in [0, 0.05) is 37.1 Å². The Kier molecular flexibility index (Phi) is 5.62. The van der Waals surface area contributed by atoms with Crippen molar-refractivity contribution in [3.8, 4) is 11.5 Å². The Bertz CT molecular complexity index is 766. The van der Waals surface area contributed by atoms with Crippen molar-refractivity contribution in [2.24, 2.45) is 0 Å². The first-order chi connectivity index (χ1) is 13.0. The number of aromatic nitrogens is 1. The van der Waals surface area contributed by atoms with Crippen LogP contribution in [0.25, 0.3) is 0 Å². The molecule has 0 amide bonds. The van der Waals surface area contributed by atoms with E-state index in [1.165, 1.54) is 14.2 Å². The fourth-order valence-electron chi connectivity index (χ4n) is 3.58. The number of carbonyl (C=O) groups is 1. The first kappa shape index (κ1) is 19.1. The van der Waals surface area contributed by atoms with Gasteiger partial charge in [-0.2, -0.15) is 0 Å². The molecule has 1 atom stereocenters. The molecule has 1 aliphatic rings. The van der Waals surface area contributed by atoms with Crippen LogP contribution in [0.5, 0.6) is 11.5 Å². The average Bonchev–Trinajstić information content (AvgIpc) is 2.70. The van der Waals surface area contributed by atoms with E-state index in [0.29, 0.717) is 43.0 Å². The van der Waals surface area contributed by atoms with Gasteiger partial charge in [0.05, 0.1) is 19.8 Å². The van der Waals surface area contributed by atoms with Crippen LogP contribution in [0, 0.1) is 0 Å². The average molecular weight is 372 g/mol. The van der Waals surface area contributed by atoms with E-state index in [4.69, 9.17) is 9.47 Å². The van der Waals surface area contributed by atoms with E-state index in [-0.39, 0.29) is 0 Å². The van der Waals surface area contributed by atoms with Gasteiger partial charge in [0.25, 0.3) is 0 Å². The molecule has 2 N–H and O–H groups in total. The monoisotopic (exact) mass is 372 g/mol. The molecule has 7 nitrogen and oxygen atoms in total. The molecule has 0 unspecified atom stereocenters. The number of piperidine rings is 1. The molecule has 1 aliphatic heterocycles. The summed E-state index contributed by atoms with van der Waals surface area (Å²) < 4.78 is 10.5. The second-order valence-electron chi connectivity index (χ2n) is 6.70. The SMILES string of the molecule is COc1cc(OC)cc([C@@H](C(=O)O)N2CCC(O)(c3cccnc3)CC2)c1. The smallest absolute Gasteiger partial charge is 0.325 e. The van der Waals surface area contributed by atoms with Crippen molar-refractivity contribution in [2.45, 2.75) is 24.5 Å². The summed E-state index contributed by atoms with van der Waals surface area (Å²) in [5, 5.41) is 20.8. The van der Waals surface area contributed by atoms with E-state index in [0.717, 1.165) is 5.56 Å². The number of hydrogen-bond acceptors (Lipinski definition) is 6. The third-order valence-corrected chi connectivity index (χ3v) is 5.11. The van der Waals surface area contributed by atoms with Gasteiger partial charge in [0.15, 0.2) is 0 Å². The summed E-state index contributed by atoms with van der Waals surface area (Å²) >= 11 is 0. The van der Waals surface area contributed by atoms with E-state index in [1.54, 1.807) is 36.7 Å². The second kappa shape index (κ2) is 7.94. The number of likely N-dealkylation sites (tertiary alicyclic amines) is 1. The Labute approximate surface area is 158 Å². The standard InChI is InChI=1S/C20H24N2O5/c1-26-16-10-14(11-17(12-16)27-2)18(19(23)24)22-8-5-20(25,6-9-22)15-4-3-7-21-13-15/h3-4,7,10-13,18,25H,5-6,8-9H2,1-2H3,(H,23,24)/t18-/m0/s1. The van der Waals surface area contributed by atoms with Crippen molar-refractivity contribution in [2.75, 3.05) is 27.3 Å². The number of hydrogen-bond donors (Lipinski definition) is 2. The number of benzene rings is 1. The minimum atomic E-state index is -0.986. The molecule has 7 heteroatoms. The van der Waals surface area contributed by atoms with Crippen molar-refractivity contribution < 1.29 is 24.5 Å². The lowest BCUT2D eigenvalue weighted by Crippen LogP contribution is -2.46. The molecular weight excluding hydrogens is 348 g/mol. The molecule has 2 aromatic rings. The predicted octanol–water partition coefficient (Wildman–Crippen LogP) is 2.21. The molecule has 0 spiro atoms. The Balaban J connectivity index is 1.83. The quantitative estimate of drug-likeness (QED) is 0.803. The topological polar surface area (TPSA) is 92.1 Å². The number of nitrogens with zero attached hydrogens (tertiary/aromatic N) is 2. The maximum atomic E-state index is 12.0. The lowest BCUT2D eigenvalue weighted by molar-refractivity contribution is -0.146. The van der Waals surface area contributed by atoms with Gasteiger partial charge in [-0.15, -0.1) is 0 Å². The zero-order valence-corrected chi connectivity index (χ0v) is 15.5. The number of aliphatic carboxylic acids is 1. The van der Waals surface area contributed by atoms with Crippen LogP contribution in [0.3, 0.4) is 0 Å². The van der Waals surface area contributed by atoms with Crippen LogP contribution in [0.4, 0.5) is 0 Å². The summed E-state index contributed by atoms with van der Waals surface area (Å²) in [5.41, 5.74) is 0.366. The minimum absolute atomic E-state index is 0.434. The molecule has 1 aromatic carbocycles.